The highest BCUT2D eigenvalue weighted by Gasteiger charge is 2.20. The molecule has 27 heavy (non-hydrogen) atoms. The van der Waals surface area contributed by atoms with Crippen LogP contribution in [0.3, 0.4) is 0 Å². The Labute approximate surface area is 159 Å². The van der Waals surface area contributed by atoms with E-state index in [2.05, 4.69) is 56.7 Å². The van der Waals surface area contributed by atoms with E-state index in [1.807, 2.05) is 19.3 Å². The average Bonchev–Trinajstić information content (AvgIpc) is 3.24. The Hall–Kier alpha value is -2.83. The molecule has 0 spiro atoms. The van der Waals surface area contributed by atoms with Crippen molar-refractivity contribution in [3.63, 3.8) is 0 Å². The van der Waals surface area contributed by atoms with Crippen LogP contribution in [0, 0.1) is 0 Å². The molecule has 0 fully saturated rings. The zero-order chi connectivity index (χ0) is 19.1. The van der Waals surface area contributed by atoms with Crippen LogP contribution in [0.1, 0.15) is 29.3 Å². The molecule has 140 valence electrons. The van der Waals surface area contributed by atoms with Crippen molar-refractivity contribution < 1.29 is 4.74 Å². The maximum absolute atomic E-state index is 5.43. The Morgan fingerprint density at radius 2 is 2.11 bits per heavy atom. The summed E-state index contributed by atoms with van der Waals surface area (Å²) in [5.74, 6) is 0. The average molecular weight is 363 g/mol. The fourth-order valence-electron chi connectivity index (χ4n) is 3.19. The number of aromatic nitrogens is 4. The van der Waals surface area contributed by atoms with Gasteiger partial charge in [0, 0.05) is 31.0 Å². The minimum absolute atomic E-state index is 0.545. The number of benzene rings is 1. The van der Waals surface area contributed by atoms with Crippen molar-refractivity contribution in [1.82, 2.24) is 25.5 Å². The van der Waals surface area contributed by atoms with Gasteiger partial charge in [0.1, 0.15) is 6.33 Å². The molecule has 6 nitrogen and oxygen atoms in total. The van der Waals surface area contributed by atoms with Crippen LogP contribution in [0.25, 0.3) is 16.8 Å². The molecule has 0 bridgehead atoms. The lowest BCUT2D eigenvalue weighted by Crippen LogP contribution is -2.09. The highest BCUT2D eigenvalue weighted by molar-refractivity contribution is 5.89. The summed E-state index contributed by atoms with van der Waals surface area (Å²) in [4.78, 5) is 9.16. The van der Waals surface area contributed by atoms with Crippen LogP contribution in [0.2, 0.25) is 0 Å². The molecule has 0 radical (unpaired) electrons. The Kier molecular flexibility index (Phi) is 6.46. The number of likely N-dealkylation sites (N-methyl/N-ethyl adjacent to an activating group) is 1. The monoisotopic (exact) mass is 363 g/mol. The number of nitrogens with zero attached hydrogens (tertiary/aromatic N) is 3. The minimum Gasteiger partial charge on any atom is -0.380 e. The second kappa shape index (κ2) is 9.21. The summed E-state index contributed by atoms with van der Waals surface area (Å²) in [6, 6.07) is 8.31. The van der Waals surface area contributed by atoms with Gasteiger partial charge >= 0.3 is 0 Å². The molecular formula is C21H25N5O. The van der Waals surface area contributed by atoms with Crippen LogP contribution >= 0.6 is 0 Å². The van der Waals surface area contributed by atoms with E-state index >= 15 is 0 Å². The summed E-state index contributed by atoms with van der Waals surface area (Å²) >= 11 is 0. The van der Waals surface area contributed by atoms with Gasteiger partial charge in [-0.05, 0) is 30.2 Å². The molecule has 0 saturated carbocycles. The predicted molar refractivity (Wildman–Crippen MR) is 107 cm³/mol. The number of aromatic amines is 1. The number of aryl methyl sites for hydroxylation is 1. The van der Waals surface area contributed by atoms with Gasteiger partial charge in [-0.3, -0.25) is 5.10 Å². The van der Waals surface area contributed by atoms with Gasteiger partial charge in [-0.15, -0.1) is 0 Å². The van der Waals surface area contributed by atoms with E-state index in [-0.39, 0.29) is 0 Å². The molecule has 3 rings (SSSR count). The third kappa shape index (κ3) is 4.13. The highest BCUT2D eigenvalue weighted by Crippen LogP contribution is 2.34. The van der Waals surface area contributed by atoms with Gasteiger partial charge in [0.15, 0.2) is 0 Å². The number of H-pyrrole nitrogens is 1. The number of nitrogens with one attached hydrogen (secondary N) is 2. The first-order valence-electron chi connectivity index (χ1n) is 9.05. The van der Waals surface area contributed by atoms with Crippen molar-refractivity contribution in [3.05, 3.63) is 71.4 Å². The van der Waals surface area contributed by atoms with E-state index in [9.17, 15) is 0 Å². The normalized spacial score (nSPS) is 11.7. The van der Waals surface area contributed by atoms with Gasteiger partial charge in [-0.2, -0.15) is 5.10 Å². The number of methoxy groups -OCH3 is 1. The minimum atomic E-state index is 0.545. The number of hydrogen-bond donors (Lipinski definition) is 2. The van der Waals surface area contributed by atoms with Gasteiger partial charge in [0.05, 0.1) is 24.2 Å². The molecule has 0 unspecified atom stereocenters. The standard InChI is InChI=1S/C21H25N5O/c1-4-19-20(21(24-14-23-19)16-11-25-26-12-16)18(9-10-22-2)17-8-6-5-7-15(17)13-27-3/h5-9,11-12,14,22H,4,10,13H2,1-3H3,(H,25,26)/b18-9-. The SMILES string of the molecule is CCc1ncnc(-c2cn[nH]c2)c1/C(=C\CNC)c1ccccc1COC. The number of ether oxygens (including phenoxy) is 1. The molecule has 0 aliphatic carbocycles. The zero-order valence-corrected chi connectivity index (χ0v) is 16.0. The first-order valence-corrected chi connectivity index (χ1v) is 9.05. The fraction of sp³-hybridized carbons (Fsp3) is 0.286. The molecule has 6 heteroatoms. The van der Waals surface area contributed by atoms with Crippen LogP contribution < -0.4 is 5.32 Å². The van der Waals surface area contributed by atoms with Crippen LogP contribution in [-0.2, 0) is 17.8 Å². The third-order valence-corrected chi connectivity index (χ3v) is 4.42. The number of rotatable bonds is 8. The summed E-state index contributed by atoms with van der Waals surface area (Å²) in [6.45, 7) is 3.39. The van der Waals surface area contributed by atoms with Crippen molar-refractivity contribution in [1.29, 1.82) is 0 Å². The molecule has 0 saturated heterocycles. The number of hydrogen-bond acceptors (Lipinski definition) is 5. The lowest BCUT2D eigenvalue weighted by Gasteiger charge is -2.18. The van der Waals surface area contributed by atoms with E-state index in [0.29, 0.717) is 6.61 Å². The van der Waals surface area contributed by atoms with Gasteiger partial charge in [-0.25, -0.2) is 9.97 Å². The predicted octanol–water partition coefficient (Wildman–Crippen LogP) is 3.23. The van der Waals surface area contributed by atoms with Crippen LogP contribution in [0.5, 0.6) is 0 Å². The highest BCUT2D eigenvalue weighted by atomic mass is 16.5. The summed E-state index contributed by atoms with van der Waals surface area (Å²) in [5.41, 5.74) is 7.24. The van der Waals surface area contributed by atoms with E-state index in [0.717, 1.165) is 52.2 Å². The van der Waals surface area contributed by atoms with Crippen LogP contribution in [-0.4, -0.2) is 40.9 Å². The molecule has 2 N–H and O–H groups in total. The molecule has 2 heterocycles. The zero-order valence-electron chi connectivity index (χ0n) is 16.0. The van der Waals surface area contributed by atoms with Crippen molar-refractivity contribution in [3.8, 4) is 11.3 Å². The summed E-state index contributed by atoms with van der Waals surface area (Å²) in [6.07, 6.45) is 8.29. The van der Waals surface area contributed by atoms with E-state index in [1.165, 1.54) is 0 Å². The van der Waals surface area contributed by atoms with Crippen molar-refractivity contribution in [2.45, 2.75) is 20.0 Å². The quantitative estimate of drug-likeness (QED) is 0.643. The second-order valence-corrected chi connectivity index (χ2v) is 6.15. The van der Waals surface area contributed by atoms with Crippen molar-refractivity contribution in [2.75, 3.05) is 20.7 Å². The summed E-state index contributed by atoms with van der Waals surface area (Å²) in [7, 11) is 3.65. The molecule has 3 aromatic rings. The Balaban J connectivity index is 2.26. The molecule has 0 amide bonds. The van der Waals surface area contributed by atoms with E-state index < -0.39 is 0 Å². The van der Waals surface area contributed by atoms with Crippen molar-refractivity contribution >= 4 is 5.57 Å². The van der Waals surface area contributed by atoms with Gasteiger partial charge in [0.25, 0.3) is 0 Å². The first kappa shape index (κ1) is 18.9. The smallest absolute Gasteiger partial charge is 0.116 e. The maximum atomic E-state index is 5.43. The van der Waals surface area contributed by atoms with Gasteiger partial charge in [0.2, 0.25) is 0 Å². The fourth-order valence-corrected chi connectivity index (χ4v) is 3.19. The molecule has 0 aliphatic rings. The first-order chi connectivity index (χ1) is 13.3. The van der Waals surface area contributed by atoms with E-state index in [4.69, 9.17) is 4.74 Å². The summed E-state index contributed by atoms with van der Waals surface area (Å²) in [5, 5.41) is 10.2. The molecule has 1 aromatic carbocycles. The van der Waals surface area contributed by atoms with E-state index in [1.54, 1.807) is 19.6 Å². The molecule has 0 atom stereocenters. The molecule has 0 aliphatic heterocycles. The summed E-state index contributed by atoms with van der Waals surface area (Å²) < 4.78 is 5.43. The maximum Gasteiger partial charge on any atom is 0.116 e. The van der Waals surface area contributed by atoms with Gasteiger partial charge in [-0.1, -0.05) is 37.3 Å². The second-order valence-electron chi connectivity index (χ2n) is 6.15. The largest absolute Gasteiger partial charge is 0.380 e. The Morgan fingerprint density at radius 3 is 2.81 bits per heavy atom. The van der Waals surface area contributed by atoms with Crippen molar-refractivity contribution in [2.24, 2.45) is 0 Å². The third-order valence-electron chi connectivity index (χ3n) is 4.42. The van der Waals surface area contributed by atoms with Crippen LogP contribution in [0.4, 0.5) is 0 Å². The topological polar surface area (TPSA) is 75.7 Å². The van der Waals surface area contributed by atoms with Gasteiger partial charge < -0.3 is 10.1 Å². The lowest BCUT2D eigenvalue weighted by atomic mass is 9.89. The Morgan fingerprint density at radius 1 is 1.26 bits per heavy atom. The lowest BCUT2D eigenvalue weighted by molar-refractivity contribution is 0.184. The molecule has 2 aromatic heterocycles. The van der Waals surface area contributed by atoms with Crippen LogP contribution in [0.15, 0.2) is 49.1 Å². The molecular weight excluding hydrogens is 338 g/mol. The Bertz CT molecular complexity index is 903.